The van der Waals surface area contributed by atoms with Crippen molar-refractivity contribution in [2.24, 2.45) is 0 Å². The first-order valence-corrected chi connectivity index (χ1v) is 6.66. The van der Waals surface area contributed by atoms with Crippen molar-refractivity contribution in [2.45, 2.75) is 18.5 Å². The Kier molecular flexibility index (Phi) is 3.02. The van der Waals surface area contributed by atoms with Crippen LogP contribution < -0.4 is 4.90 Å². The molecule has 1 aromatic heterocycles. The lowest BCUT2D eigenvalue weighted by Gasteiger charge is -2.24. The van der Waals surface area contributed by atoms with Gasteiger partial charge in [0.15, 0.2) is 0 Å². The average molecular weight is 306 g/mol. The zero-order chi connectivity index (χ0) is 16.1. The SMILES string of the molecule is CN1C(=O)C(C)(c2ccc(C(F)(F)F)cc2)c2cnccc21. The molecule has 6 heteroatoms. The maximum Gasteiger partial charge on any atom is 0.416 e. The van der Waals surface area contributed by atoms with Gasteiger partial charge in [-0.15, -0.1) is 0 Å². The molecule has 1 unspecified atom stereocenters. The van der Waals surface area contributed by atoms with Gasteiger partial charge in [-0.3, -0.25) is 9.78 Å². The second kappa shape index (κ2) is 4.56. The lowest BCUT2D eigenvalue weighted by molar-refractivity contribution is -0.137. The molecule has 0 aliphatic carbocycles. The summed E-state index contributed by atoms with van der Waals surface area (Å²) in [5, 5.41) is 0. The fourth-order valence-corrected chi connectivity index (χ4v) is 2.90. The van der Waals surface area contributed by atoms with Crippen molar-refractivity contribution in [1.82, 2.24) is 4.98 Å². The van der Waals surface area contributed by atoms with Crippen LogP contribution in [0, 0.1) is 0 Å². The summed E-state index contributed by atoms with van der Waals surface area (Å²) in [6.45, 7) is 1.71. The van der Waals surface area contributed by atoms with E-state index in [0.717, 1.165) is 17.8 Å². The number of anilines is 1. The highest BCUT2D eigenvalue weighted by atomic mass is 19.4. The van der Waals surface area contributed by atoms with Gasteiger partial charge in [0.25, 0.3) is 0 Å². The Morgan fingerprint density at radius 1 is 1.14 bits per heavy atom. The van der Waals surface area contributed by atoms with Crippen LogP contribution in [0.3, 0.4) is 0 Å². The van der Waals surface area contributed by atoms with Gasteiger partial charge >= 0.3 is 6.18 Å². The Labute approximate surface area is 125 Å². The molecule has 3 nitrogen and oxygen atoms in total. The summed E-state index contributed by atoms with van der Waals surface area (Å²) >= 11 is 0. The number of hydrogen-bond donors (Lipinski definition) is 0. The van der Waals surface area contributed by atoms with Crippen molar-refractivity contribution in [3.63, 3.8) is 0 Å². The van der Waals surface area contributed by atoms with E-state index in [1.165, 1.54) is 17.0 Å². The Morgan fingerprint density at radius 2 is 1.77 bits per heavy atom. The monoisotopic (exact) mass is 306 g/mol. The molecule has 0 saturated carbocycles. The Morgan fingerprint density at radius 3 is 2.36 bits per heavy atom. The number of nitrogens with zero attached hydrogens (tertiary/aromatic N) is 2. The summed E-state index contributed by atoms with van der Waals surface area (Å²) in [7, 11) is 1.65. The van der Waals surface area contributed by atoms with E-state index in [2.05, 4.69) is 4.98 Å². The van der Waals surface area contributed by atoms with Crippen molar-refractivity contribution in [3.05, 3.63) is 59.4 Å². The van der Waals surface area contributed by atoms with Crippen LogP contribution in [-0.2, 0) is 16.4 Å². The largest absolute Gasteiger partial charge is 0.416 e. The lowest BCUT2D eigenvalue weighted by Crippen LogP contribution is -2.37. The number of halogens is 3. The molecule has 1 aliphatic heterocycles. The number of likely N-dealkylation sites (N-methyl/N-ethyl adjacent to an activating group) is 1. The van der Waals surface area contributed by atoms with Gasteiger partial charge in [-0.1, -0.05) is 12.1 Å². The maximum absolute atomic E-state index is 12.7. The first-order valence-electron chi connectivity index (χ1n) is 6.66. The van der Waals surface area contributed by atoms with E-state index in [1.54, 1.807) is 32.4 Å². The summed E-state index contributed by atoms with van der Waals surface area (Å²) in [5.74, 6) is -0.185. The van der Waals surface area contributed by atoms with Gasteiger partial charge in [0.05, 0.1) is 11.3 Å². The van der Waals surface area contributed by atoms with E-state index in [-0.39, 0.29) is 5.91 Å². The Bertz CT molecular complexity index is 740. The summed E-state index contributed by atoms with van der Waals surface area (Å²) in [4.78, 5) is 18.2. The maximum atomic E-state index is 12.7. The minimum absolute atomic E-state index is 0.185. The van der Waals surface area contributed by atoms with Gasteiger partial charge in [-0.2, -0.15) is 13.2 Å². The molecule has 1 amide bonds. The number of benzene rings is 1. The van der Waals surface area contributed by atoms with Crippen molar-refractivity contribution in [1.29, 1.82) is 0 Å². The highest BCUT2D eigenvalue weighted by Crippen LogP contribution is 2.45. The molecule has 1 aromatic carbocycles. The van der Waals surface area contributed by atoms with Crippen LogP contribution in [0.5, 0.6) is 0 Å². The third-order valence-electron chi connectivity index (χ3n) is 4.22. The number of hydrogen-bond acceptors (Lipinski definition) is 2. The fourth-order valence-electron chi connectivity index (χ4n) is 2.90. The number of carbonyl (C=O) groups excluding carboxylic acids is 1. The highest BCUT2D eigenvalue weighted by molar-refractivity contribution is 6.09. The summed E-state index contributed by atoms with van der Waals surface area (Å²) in [6, 6.07) is 6.44. The number of amides is 1. The molecule has 1 atom stereocenters. The first-order chi connectivity index (χ1) is 10.3. The zero-order valence-corrected chi connectivity index (χ0v) is 12.0. The Hall–Kier alpha value is -2.37. The topological polar surface area (TPSA) is 33.2 Å². The number of alkyl halides is 3. The molecule has 0 fully saturated rings. The summed E-state index contributed by atoms with van der Waals surface area (Å²) in [5.41, 5.74) is 0.182. The standard InChI is InChI=1S/C16H13F3N2O/c1-15(10-3-5-11(6-4-10)16(17,18)19)12-9-20-8-7-13(12)21(2)14(15)22/h3-9H,1-2H3. The van der Waals surface area contributed by atoms with Crippen LogP contribution >= 0.6 is 0 Å². The van der Waals surface area contributed by atoms with E-state index >= 15 is 0 Å². The van der Waals surface area contributed by atoms with E-state index in [9.17, 15) is 18.0 Å². The second-order valence-electron chi connectivity index (χ2n) is 5.46. The van der Waals surface area contributed by atoms with Gasteiger partial charge in [0.2, 0.25) is 5.91 Å². The summed E-state index contributed by atoms with van der Waals surface area (Å²) < 4.78 is 38.1. The van der Waals surface area contributed by atoms with Crippen LogP contribution in [0.1, 0.15) is 23.6 Å². The number of carbonyl (C=O) groups is 1. The molecule has 22 heavy (non-hydrogen) atoms. The molecule has 114 valence electrons. The van der Waals surface area contributed by atoms with Crippen molar-refractivity contribution in [3.8, 4) is 0 Å². The van der Waals surface area contributed by atoms with Gasteiger partial charge in [0, 0.05) is 25.0 Å². The molecular formula is C16H13F3N2O. The molecule has 0 saturated heterocycles. The van der Waals surface area contributed by atoms with E-state index in [0.29, 0.717) is 11.1 Å². The smallest absolute Gasteiger partial charge is 0.314 e. The molecule has 0 spiro atoms. The predicted octanol–water partition coefficient (Wildman–Crippen LogP) is 3.38. The van der Waals surface area contributed by atoms with Crippen molar-refractivity contribution < 1.29 is 18.0 Å². The highest BCUT2D eigenvalue weighted by Gasteiger charge is 2.47. The lowest BCUT2D eigenvalue weighted by atomic mass is 9.77. The molecule has 0 radical (unpaired) electrons. The molecule has 3 rings (SSSR count). The summed E-state index contributed by atoms with van der Waals surface area (Å²) in [6.07, 6.45) is -1.22. The average Bonchev–Trinajstić information content (AvgIpc) is 2.70. The predicted molar refractivity (Wildman–Crippen MR) is 75.5 cm³/mol. The van der Waals surface area contributed by atoms with Crippen molar-refractivity contribution >= 4 is 11.6 Å². The molecule has 1 aliphatic rings. The molecule has 2 aromatic rings. The van der Waals surface area contributed by atoms with Gasteiger partial charge in [0.1, 0.15) is 5.41 Å². The van der Waals surface area contributed by atoms with Gasteiger partial charge in [-0.25, -0.2) is 0 Å². The quantitative estimate of drug-likeness (QED) is 0.809. The Balaban J connectivity index is 2.13. The van der Waals surface area contributed by atoms with Gasteiger partial charge in [-0.05, 0) is 30.7 Å². The third-order valence-corrected chi connectivity index (χ3v) is 4.22. The minimum atomic E-state index is -4.39. The van der Waals surface area contributed by atoms with Crippen LogP contribution in [0.4, 0.5) is 18.9 Å². The van der Waals surface area contributed by atoms with Crippen LogP contribution in [0.15, 0.2) is 42.7 Å². The number of aromatic nitrogens is 1. The molecule has 0 N–H and O–H groups in total. The number of rotatable bonds is 1. The van der Waals surface area contributed by atoms with Crippen LogP contribution in [0.2, 0.25) is 0 Å². The van der Waals surface area contributed by atoms with Gasteiger partial charge < -0.3 is 4.90 Å². The minimum Gasteiger partial charge on any atom is -0.314 e. The van der Waals surface area contributed by atoms with E-state index in [1.807, 2.05) is 0 Å². The van der Waals surface area contributed by atoms with Crippen LogP contribution in [-0.4, -0.2) is 17.9 Å². The molecule has 0 bridgehead atoms. The number of pyridine rings is 1. The van der Waals surface area contributed by atoms with E-state index < -0.39 is 17.2 Å². The molecule has 2 heterocycles. The fraction of sp³-hybridized carbons (Fsp3) is 0.250. The van der Waals surface area contributed by atoms with Crippen molar-refractivity contribution in [2.75, 3.05) is 11.9 Å². The number of fused-ring (bicyclic) bond motifs is 1. The van der Waals surface area contributed by atoms with E-state index in [4.69, 9.17) is 0 Å². The second-order valence-corrected chi connectivity index (χ2v) is 5.46. The molecular weight excluding hydrogens is 293 g/mol. The van der Waals surface area contributed by atoms with Crippen LogP contribution in [0.25, 0.3) is 0 Å². The zero-order valence-electron chi connectivity index (χ0n) is 12.0. The third kappa shape index (κ3) is 1.90. The normalized spacial score (nSPS) is 21.1. The first kappa shape index (κ1) is 14.6.